The van der Waals surface area contributed by atoms with E-state index in [1.54, 1.807) is 13.2 Å². The lowest BCUT2D eigenvalue weighted by Crippen LogP contribution is -2.17. The molecule has 0 radical (unpaired) electrons. The molecule has 1 aromatic carbocycles. The molecule has 19 heavy (non-hydrogen) atoms. The van der Waals surface area contributed by atoms with E-state index in [9.17, 15) is 13.2 Å². The standard InChI is InChI=1S/C13H16ClF3O2/c1-9-7-10(18-2)3-4-11(9)12(14)5-6-19-8-13(15,16)17/h3-4,7,12H,5-6,8H2,1-2H3. The number of hydrogen-bond acceptors (Lipinski definition) is 2. The van der Waals surface area contributed by atoms with Gasteiger partial charge in [0.2, 0.25) is 0 Å². The Balaban J connectivity index is 2.47. The summed E-state index contributed by atoms with van der Waals surface area (Å²) in [4.78, 5) is 0. The maximum Gasteiger partial charge on any atom is 0.411 e. The highest BCUT2D eigenvalue weighted by atomic mass is 35.5. The number of halogens is 4. The fraction of sp³-hybridized carbons (Fsp3) is 0.538. The zero-order valence-electron chi connectivity index (χ0n) is 10.8. The molecule has 0 spiro atoms. The van der Waals surface area contributed by atoms with Gasteiger partial charge < -0.3 is 9.47 Å². The molecular formula is C13H16ClF3O2. The van der Waals surface area contributed by atoms with E-state index in [0.29, 0.717) is 6.42 Å². The number of rotatable bonds is 6. The van der Waals surface area contributed by atoms with Gasteiger partial charge in [0.25, 0.3) is 0 Å². The molecule has 0 heterocycles. The average Bonchev–Trinajstić information content (AvgIpc) is 2.33. The van der Waals surface area contributed by atoms with Gasteiger partial charge >= 0.3 is 6.18 Å². The van der Waals surface area contributed by atoms with E-state index >= 15 is 0 Å². The van der Waals surface area contributed by atoms with E-state index in [1.165, 1.54) is 0 Å². The fourth-order valence-electron chi connectivity index (χ4n) is 1.66. The van der Waals surface area contributed by atoms with E-state index in [0.717, 1.165) is 16.9 Å². The molecule has 0 N–H and O–H groups in total. The first kappa shape index (κ1) is 16.1. The third-order valence-corrected chi connectivity index (χ3v) is 3.05. The number of hydrogen-bond donors (Lipinski definition) is 0. The van der Waals surface area contributed by atoms with Gasteiger partial charge in [-0.15, -0.1) is 11.6 Å². The molecule has 0 aliphatic carbocycles. The largest absolute Gasteiger partial charge is 0.497 e. The second-order valence-electron chi connectivity index (χ2n) is 4.15. The number of alkyl halides is 4. The predicted molar refractivity (Wildman–Crippen MR) is 67.8 cm³/mol. The smallest absolute Gasteiger partial charge is 0.411 e. The minimum Gasteiger partial charge on any atom is -0.497 e. The highest BCUT2D eigenvalue weighted by Gasteiger charge is 2.27. The van der Waals surface area contributed by atoms with Crippen LogP contribution in [0.15, 0.2) is 18.2 Å². The molecule has 0 bridgehead atoms. The Labute approximate surface area is 115 Å². The molecule has 0 amide bonds. The molecule has 0 aliphatic rings. The van der Waals surface area contributed by atoms with Crippen molar-refractivity contribution < 1.29 is 22.6 Å². The van der Waals surface area contributed by atoms with Crippen molar-refractivity contribution in [2.24, 2.45) is 0 Å². The Morgan fingerprint density at radius 3 is 2.53 bits per heavy atom. The van der Waals surface area contributed by atoms with Crippen molar-refractivity contribution in [3.63, 3.8) is 0 Å². The quantitative estimate of drug-likeness (QED) is 0.577. The molecule has 0 saturated heterocycles. The highest BCUT2D eigenvalue weighted by molar-refractivity contribution is 6.20. The molecule has 0 saturated carbocycles. The number of aryl methyl sites for hydroxylation is 1. The van der Waals surface area contributed by atoms with Crippen LogP contribution in [0.3, 0.4) is 0 Å². The van der Waals surface area contributed by atoms with Gasteiger partial charge in [0.05, 0.1) is 12.5 Å². The number of benzene rings is 1. The van der Waals surface area contributed by atoms with Crippen LogP contribution in [-0.2, 0) is 4.74 Å². The fourth-order valence-corrected chi connectivity index (χ4v) is 1.99. The molecular weight excluding hydrogens is 281 g/mol. The summed E-state index contributed by atoms with van der Waals surface area (Å²) in [7, 11) is 1.57. The van der Waals surface area contributed by atoms with Crippen molar-refractivity contribution in [3.05, 3.63) is 29.3 Å². The van der Waals surface area contributed by atoms with Gasteiger partial charge in [0.1, 0.15) is 12.4 Å². The van der Waals surface area contributed by atoms with Crippen LogP contribution in [0.2, 0.25) is 0 Å². The van der Waals surface area contributed by atoms with Gasteiger partial charge in [-0.1, -0.05) is 6.07 Å². The monoisotopic (exact) mass is 296 g/mol. The Morgan fingerprint density at radius 2 is 2.00 bits per heavy atom. The summed E-state index contributed by atoms with van der Waals surface area (Å²) in [5.41, 5.74) is 1.81. The molecule has 1 rings (SSSR count). The molecule has 2 nitrogen and oxygen atoms in total. The summed E-state index contributed by atoms with van der Waals surface area (Å²) in [6.07, 6.45) is -3.97. The second kappa shape index (κ2) is 7.01. The zero-order valence-corrected chi connectivity index (χ0v) is 11.5. The molecule has 0 aromatic heterocycles. The maximum absolute atomic E-state index is 11.9. The molecule has 0 aliphatic heterocycles. The molecule has 1 unspecified atom stereocenters. The molecule has 108 valence electrons. The van der Waals surface area contributed by atoms with Gasteiger partial charge in [-0.05, 0) is 36.6 Å². The van der Waals surface area contributed by atoms with Crippen LogP contribution in [0.5, 0.6) is 5.75 Å². The normalized spacial score (nSPS) is 13.4. The van der Waals surface area contributed by atoms with Gasteiger partial charge in [0, 0.05) is 6.61 Å². The van der Waals surface area contributed by atoms with Crippen molar-refractivity contribution in [1.82, 2.24) is 0 Å². The number of methoxy groups -OCH3 is 1. The van der Waals surface area contributed by atoms with E-state index in [1.807, 2.05) is 19.1 Å². The molecule has 0 fully saturated rings. The van der Waals surface area contributed by atoms with E-state index in [-0.39, 0.29) is 12.0 Å². The Hall–Kier alpha value is -0.940. The number of ether oxygens (including phenoxy) is 2. The van der Waals surface area contributed by atoms with Crippen LogP contribution in [0.25, 0.3) is 0 Å². The van der Waals surface area contributed by atoms with E-state index in [2.05, 4.69) is 4.74 Å². The second-order valence-corrected chi connectivity index (χ2v) is 4.67. The Bertz CT molecular complexity index is 407. The van der Waals surface area contributed by atoms with Gasteiger partial charge in [-0.3, -0.25) is 0 Å². The van der Waals surface area contributed by atoms with Crippen LogP contribution >= 0.6 is 11.6 Å². The Kier molecular flexibility index (Phi) is 5.94. The van der Waals surface area contributed by atoms with Crippen LogP contribution in [0.1, 0.15) is 22.9 Å². The molecule has 6 heteroatoms. The van der Waals surface area contributed by atoms with Crippen molar-refractivity contribution in [2.75, 3.05) is 20.3 Å². The van der Waals surface area contributed by atoms with Crippen LogP contribution < -0.4 is 4.74 Å². The van der Waals surface area contributed by atoms with Crippen molar-refractivity contribution in [1.29, 1.82) is 0 Å². The van der Waals surface area contributed by atoms with Crippen LogP contribution in [-0.4, -0.2) is 26.5 Å². The predicted octanol–water partition coefficient (Wildman–Crippen LogP) is 4.25. The summed E-state index contributed by atoms with van der Waals surface area (Å²) >= 11 is 6.15. The van der Waals surface area contributed by atoms with Gasteiger partial charge in [-0.25, -0.2) is 0 Å². The van der Waals surface area contributed by atoms with Crippen molar-refractivity contribution in [3.8, 4) is 5.75 Å². The third-order valence-electron chi connectivity index (χ3n) is 2.60. The van der Waals surface area contributed by atoms with Gasteiger partial charge in [0.15, 0.2) is 0 Å². The molecule has 1 aromatic rings. The maximum atomic E-state index is 11.9. The summed E-state index contributed by atoms with van der Waals surface area (Å²) in [5, 5.41) is -0.376. The first-order valence-corrected chi connectivity index (χ1v) is 6.20. The van der Waals surface area contributed by atoms with E-state index in [4.69, 9.17) is 16.3 Å². The SMILES string of the molecule is COc1ccc(C(Cl)CCOCC(F)(F)F)c(C)c1. The first-order valence-electron chi connectivity index (χ1n) is 5.76. The summed E-state index contributed by atoms with van der Waals surface area (Å²) < 4.78 is 45.2. The van der Waals surface area contributed by atoms with E-state index < -0.39 is 12.8 Å². The minimum absolute atomic E-state index is 0.0286. The summed E-state index contributed by atoms with van der Waals surface area (Å²) in [5.74, 6) is 0.721. The lowest BCUT2D eigenvalue weighted by Gasteiger charge is -2.14. The average molecular weight is 297 g/mol. The van der Waals surface area contributed by atoms with Crippen LogP contribution in [0, 0.1) is 6.92 Å². The lowest BCUT2D eigenvalue weighted by atomic mass is 10.0. The first-order chi connectivity index (χ1) is 8.83. The topological polar surface area (TPSA) is 18.5 Å². The Morgan fingerprint density at radius 1 is 1.32 bits per heavy atom. The molecule has 1 atom stereocenters. The zero-order chi connectivity index (χ0) is 14.5. The van der Waals surface area contributed by atoms with Crippen LogP contribution in [0.4, 0.5) is 13.2 Å². The highest BCUT2D eigenvalue weighted by Crippen LogP contribution is 2.29. The lowest BCUT2D eigenvalue weighted by molar-refractivity contribution is -0.174. The minimum atomic E-state index is -4.29. The van der Waals surface area contributed by atoms with Crippen molar-refractivity contribution >= 4 is 11.6 Å². The van der Waals surface area contributed by atoms with Crippen molar-refractivity contribution in [2.45, 2.75) is 24.9 Å². The third kappa shape index (κ3) is 5.70. The summed E-state index contributed by atoms with van der Waals surface area (Å²) in [6.45, 7) is 0.612. The van der Waals surface area contributed by atoms with Gasteiger partial charge in [-0.2, -0.15) is 13.2 Å². The summed E-state index contributed by atoms with van der Waals surface area (Å²) in [6, 6.07) is 5.42.